The van der Waals surface area contributed by atoms with E-state index < -0.39 is 52.0 Å². The molecule has 1 atom stereocenters. The Kier molecular flexibility index (Phi) is 10.9. The highest BCUT2D eigenvalue weighted by Gasteiger charge is 2.27. The first-order valence-corrected chi connectivity index (χ1v) is 11.3. The van der Waals surface area contributed by atoms with Crippen LogP contribution in [0.5, 0.6) is 23.0 Å². The lowest BCUT2D eigenvalue weighted by Gasteiger charge is -2.14. The minimum atomic E-state index is -1.48. The van der Waals surface area contributed by atoms with Crippen LogP contribution in [0.15, 0.2) is 30.3 Å². The first kappa shape index (κ1) is 30.0. The second kappa shape index (κ2) is 13.1. The average Bonchev–Trinajstić information content (AvgIpc) is 2.75. The van der Waals surface area contributed by atoms with E-state index >= 15 is 0 Å². The SMILES string of the molecule is CC(C)CCC(=O)C(CC(C)C)C(=O)O.O=C(O)c1ccc(O)c(C(=O)c2ccc(O)cc2O)c1O. The summed E-state index contributed by atoms with van der Waals surface area (Å²) in [5.74, 6) is -6.05. The first-order chi connectivity index (χ1) is 16.7. The number of aliphatic carboxylic acids is 1. The zero-order valence-electron chi connectivity index (χ0n) is 20.6. The van der Waals surface area contributed by atoms with Gasteiger partial charge in [0.25, 0.3) is 0 Å². The molecule has 2 rings (SSSR count). The molecule has 10 heteroatoms. The Morgan fingerprint density at radius 1 is 0.778 bits per heavy atom. The maximum Gasteiger partial charge on any atom is 0.339 e. The topological polar surface area (TPSA) is 190 Å². The third-order valence-corrected chi connectivity index (χ3v) is 5.20. The van der Waals surface area contributed by atoms with Crippen molar-refractivity contribution in [2.75, 3.05) is 0 Å². The lowest BCUT2D eigenvalue weighted by atomic mass is 9.90. The van der Waals surface area contributed by atoms with Gasteiger partial charge in [-0.3, -0.25) is 14.4 Å². The molecule has 0 amide bonds. The van der Waals surface area contributed by atoms with Crippen molar-refractivity contribution in [3.63, 3.8) is 0 Å². The van der Waals surface area contributed by atoms with Crippen molar-refractivity contribution >= 4 is 23.5 Å². The van der Waals surface area contributed by atoms with E-state index in [-0.39, 0.29) is 23.0 Å². The Labute approximate surface area is 208 Å². The molecule has 2 aromatic rings. The summed E-state index contributed by atoms with van der Waals surface area (Å²) in [5, 5.41) is 56.1. The average molecular weight is 505 g/mol. The molecule has 0 saturated heterocycles. The van der Waals surface area contributed by atoms with Gasteiger partial charge in [-0.05, 0) is 48.9 Å². The summed E-state index contributed by atoms with van der Waals surface area (Å²) in [6, 6.07) is 5.01. The van der Waals surface area contributed by atoms with Crippen molar-refractivity contribution in [2.24, 2.45) is 17.8 Å². The number of carbonyl (C=O) groups is 4. The second-order valence-corrected chi connectivity index (χ2v) is 9.11. The highest BCUT2D eigenvalue weighted by molar-refractivity contribution is 6.15. The molecule has 0 aromatic heterocycles. The van der Waals surface area contributed by atoms with E-state index in [2.05, 4.69) is 0 Å². The third-order valence-electron chi connectivity index (χ3n) is 5.20. The first-order valence-electron chi connectivity index (χ1n) is 11.3. The van der Waals surface area contributed by atoms with Crippen LogP contribution in [-0.4, -0.2) is 54.1 Å². The van der Waals surface area contributed by atoms with E-state index in [0.717, 1.165) is 36.8 Å². The molecular formula is C26H32O10. The quantitative estimate of drug-likeness (QED) is 0.202. The number of rotatable bonds is 10. The summed E-state index contributed by atoms with van der Waals surface area (Å²) >= 11 is 0. The van der Waals surface area contributed by atoms with Gasteiger partial charge in [0, 0.05) is 12.5 Å². The molecule has 10 nitrogen and oxygen atoms in total. The van der Waals surface area contributed by atoms with Gasteiger partial charge >= 0.3 is 11.9 Å². The molecule has 36 heavy (non-hydrogen) atoms. The predicted molar refractivity (Wildman–Crippen MR) is 130 cm³/mol. The molecule has 0 saturated carbocycles. The Morgan fingerprint density at radius 2 is 1.36 bits per heavy atom. The van der Waals surface area contributed by atoms with Gasteiger partial charge in [0.05, 0.1) is 5.56 Å². The van der Waals surface area contributed by atoms with E-state index in [4.69, 9.17) is 15.3 Å². The second-order valence-electron chi connectivity index (χ2n) is 9.11. The maximum atomic E-state index is 12.2. The standard InChI is InChI=1S/C14H10O7.C12H22O3/c15-6-1-2-7(10(17)5-6)12(18)11-9(16)4-3-8(13(11)19)14(20)21;1-8(2)5-6-11(13)10(12(14)15)7-9(3)4/h1-5,15-17,19H,(H,20,21);8-10H,5-7H2,1-4H3,(H,14,15). The minimum absolute atomic E-state index is 0.120. The lowest BCUT2D eigenvalue weighted by molar-refractivity contribution is -0.147. The number of phenols is 4. The van der Waals surface area contributed by atoms with Crippen molar-refractivity contribution in [1.29, 1.82) is 0 Å². The van der Waals surface area contributed by atoms with E-state index in [0.29, 0.717) is 18.8 Å². The minimum Gasteiger partial charge on any atom is -0.508 e. The van der Waals surface area contributed by atoms with Gasteiger partial charge in [0.15, 0.2) is 0 Å². The number of carboxylic acid groups (broad SMARTS) is 2. The Morgan fingerprint density at radius 3 is 1.83 bits per heavy atom. The van der Waals surface area contributed by atoms with Crippen LogP contribution in [0.4, 0.5) is 0 Å². The van der Waals surface area contributed by atoms with Gasteiger partial charge in [-0.2, -0.15) is 0 Å². The zero-order valence-corrected chi connectivity index (χ0v) is 20.6. The Bertz CT molecular complexity index is 1120. The molecule has 0 bridgehead atoms. The van der Waals surface area contributed by atoms with Crippen LogP contribution in [0.2, 0.25) is 0 Å². The summed E-state index contributed by atoms with van der Waals surface area (Å²) in [4.78, 5) is 45.7. The highest BCUT2D eigenvalue weighted by Crippen LogP contribution is 2.35. The van der Waals surface area contributed by atoms with Crippen molar-refractivity contribution in [1.82, 2.24) is 0 Å². The van der Waals surface area contributed by atoms with Crippen molar-refractivity contribution in [3.05, 3.63) is 47.0 Å². The molecule has 196 valence electrons. The monoisotopic (exact) mass is 504 g/mol. The Hall–Kier alpha value is -4.08. The smallest absolute Gasteiger partial charge is 0.339 e. The van der Waals surface area contributed by atoms with E-state index in [1.165, 1.54) is 0 Å². The number of benzene rings is 2. The third kappa shape index (κ3) is 8.30. The van der Waals surface area contributed by atoms with Crippen LogP contribution in [-0.2, 0) is 9.59 Å². The summed E-state index contributed by atoms with van der Waals surface area (Å²) < 4.78 is 0. The Balaban J connectivity index is 0.000000384. The molecular weight excluding hydrogens is 472 g/mol. The van der Waals surface area contributed by atoms with Crippen LogP contribution < -0.4 is 0 Å². The van der Waals surface area contributed by atoms with Crippen LogP contribution in [0.1, 0.15) is 73.2 Å². The molecule has 2 aromatic carbocycles. The summed E-state index contributed by atoms with van der Waals surface area (Å²) in [5.41, 5.74) is -1.51. The number of hydrogen-bond acceptors (Lipinski definition) is 8. The number of aromatic carboxylic acids is 1. The number of hydrogen-bond donors (Lipinski definition) is 6. The van der Waals surface area contributed by atoms with Gasteiger partial charge in [-0.15, -0.1) is 0 Å². The fourth-order valence-electron chi connectivity index (χ4n) is 3.27. The van der Waals surface area contributed by atoms with Gasteiger partial charge in [-0.1, -0.05) is 27.7 Å². The predicted octanol–water partition coefficient (Wildman–Crippen LogP) is 4.18. The van der Waals surface area contributed by atoms with Crippen LogP contribution in [0.3, 0.4) is 0 Å². The molecule has 0 aliphatic heterocycles. The van der Waals surface area contributed by atoms with Crippen molar-refractivity contribution < 1.29 is 49.8 Å². The van der Waals surface area contributed by atoms with Gasteiger partial charge in [0.2, 0.25) is 5.78 Å². The van der Waals surface area contributed by atoms with Gasteiger partial charge < -0.3 is 30.6 Å². The number of carbonyl (C=O) groups excluding carboxylic acids is 2. The molecule has 0 radical (unpaired) electrons. The zero-order chi connectivity index (χ0) is 27.7. The van der Waals surface area contributed by atoms with E-state index in [1.807, 2.05) is 27.7 Å². The van der Waals surface area contributed by atoms with Crippen LogP contribution in [0.25, 0.3) is 0 Å². The number of phenolic OH excluding ortho intramolecular Hbond substituents is 3. The van der Waals surface area contributed by atoms with E-state index in [9.17, 15) is 34.5 Å². The van der Waals surface area contributed by atoms with Crippen LogP contribution in [0, 0.1) is 17.8 Å². The van der Waals surface area contributed by atoms with Crippen molar-refractivity contribution in [2.45, 2.75) is 47.0 Å². The highest BCUT2D eigenvalue weighted by atomic mass is 16.4. The van der Waals surface area contributed by atoms with Crippen molar-refractivity contribution in [3.8, 4) is 23.0 Å². The number of carboxylic acids is 2. The summed E-state index contributed by atoms with van der Waals surface area (Å²) in [7, 11) is 0. The maximum absolute atomic E-state index is 12.2. The fraction of sp³-hybridized carbons (Fsp3) is 0.385. The molecule has 0 aliphatic rings. The lowest BCUT2D eigenvalue weighted by Crippen LogP contribution is -2.25. The molecule has 0 aliphatic carbocycles. The number of ketones is 2. The van der Waals surface area contributed by atoms with Gasteiger partial charge in [-0.25, -0.2) is 4.79 Å². The molecule has 0 fully saturated rings. The molecule has 0 spiro atoms. The molecule has 1 unspecified atom stereocenters. The molecule has 6 N–H and O–H groups in total. The normalized spacial score (nSPS) is 11.5. The van der Waals surface area contributed by atoms with Crippen LogP contribution >= 0.6 is 0 Å². The van der Waals surface area contributed by atoms with Gasteiger partial charge in [0.1, 0.15) is 45.8 Å². The number of Topliss-reactive ketones (excluding diaryl/α,β-unsaturated/α-hetero) is 1. The van der Waals surface area contributed by atoms with E-state index in [1.54, 1.807) is 0 Å². The summed E-state index contributed by atoms with van der Waals surface area (Å²) in [6.45, 7) is 7.94. The largest absolute Gasteiger partial charge is 0.508 e. The molecule has 0 heterocycles. The number of aromatic hydroxyl groups is 4. The fourth-order valence-corrected chi connectivity index (χ4v) is 3.27. The summed E-state index contributed by atoms with van der Waals surface area (Å²) in [6.07, 6.45) is 1.62.